The summed E-state index contributed by atoms with van der Waals surface area (Å²) in [5.41, 5.74) is 3.29. The molecule has 38 heavy (non-hydrogen) atoms. The highest BCUT2D eigenvalue weighted by Crippen LogP contribution is 2.45. The van der Waals surface area contributed by atoms with Crippen molar-refractivity contribution in [3.05, 3.63) is 93.5 Å². The number of nitrogens with zero attached hydrogens (tertiary/aromatic N) is 3. The summed E-state index contributed by atoms with van der Waals surface area (Å²) in [5, 5.41) is 11.5. The van der Waals surface area contributed by atoms with E-state index in [9.17, 15) is 10.1 Å². The molecule has 0 N–H and O–H groups in total. The van der Waals surface area contributed by atoms with Crippen LogP contribution in [0, 0.1) is 11.3 Å². The van der Waals surface area contributed by atoms with Crippen LogP contribution in [0.1, 0.15) is 23.5 Å². The standard InChI is InChI=1S/C29H26ClN3O4S/c1-35-22-11-12-26(27(13-22)36-2)32-17-33-28(34)14-23(24(15-31)29(33)38-18-32)19-7-9-21(10-8-19)37-16-20-5-3-4-6-25(20)30/h3-13,23H,14,16-18H2,1-2H3. The molecule has 5 rings (SSSR count). The molecule has 2 aliphatic heterocycles. The second-order valence-corrected chi connectivity index (χ2v) is 10.2. The van der Waals surface area contributed by atoms with Crippen LogP contribution in [0.15, 0.2) is 77.3 Å². The van der Waals surface area contributed by atoms with Crippen LogP contribution in [0.2, 0.25) is 5.02 Å². The van der Waals surface area contributed by atoms with E-state index in [1.165, 1.54) is 11.8 Å². The number of anilines is 1. The van der Waals surface area contributed by atoms with E-state index in [-0.39, 0.29) is 18.2 Å². The van der Waals surface area contributed by atoms with Gasteiger partial charge in [-0.3, -0.25) is 9.69 Å². The molecule has 3 aromatic carbocycles. The third-order valence-electron chi connectivity index (χ3n) is 6.66. The maximum Gasteiger partial charge on any atom is 0.229 e. The number of rotatable bonds is 7. The second-order valence-electron chi connectivity index (χ2n) is 8.85. The first kappa shape index (κ1) is 25.8. The lowest BCUT2D eigenvalue weighted by Gasteiger charge is -2.42. The first-order chi connectivity index (χ1) is 18.5. The fourth-order valence-electron chi connectivity index (χ4n) is 4.62. The number of carbonyl (C=O) groups is 1. The number of benzene rings is 3. The zero-order chi connectivity index (χ0) is 26.6. The van der Waals surface area contributed by atoms with Crippen molar-refractivity contribution in [2.75, 3.05) is 31.7 Å². The van der Waals surface area contributed by atoms with Crippen molar-refractivity contribution in [2.24, 2.45) is 0 Å². The number of halogens is 1. The number of allylic oxidation sites excluding steroid dienone is 1. The summed E-state index contributed by atoms with van der Waals surface area (Å²) >= 11 is 7.71. The van der Waals surface area contributed by atoms with E-state index in [0.717, 1.165) is 21.8 Å². The molecule has 1 saturated heterocycles. The SMILES string of the molecule is COc1ccc(N2CSC3=C(C#N)C(c4ccc(OCc5ccccc5Cl)cc4)CC(=O)N3C2)c(OC)c1. The highest BCUT2D eigenvalue weighted by Gasteiger charge is 2.38. The smallest absolute Gasteiger partial charge is 0.229 e. The molecule has 0 saturated carbocycles. The minimum absolute atomic E-state index is 0.0206. The number of thioether (sulfide) groups is 1. The van der Waals surface area contributed by atoms with Crippen LogP contribution in [0.25, 0.3) is 0 Å². The molecule has 0 aromatic heterocycles. The van der Waals surface area contributed by atoms with Crippen LogP contribution in [0.5, 0.6) is 17.2 Å². The van der Waals surface area contributed by atoms with Crippen molar-refractivity contribution in [3.63, 3.8) is 0 Å². The number of amides is 1. The highest BCUT2D eigenvalue weighted by atomic mass is 35.5. The molecule has 1 atom stereocenters. The summed E-state index contributed by atoms with van der Waals surface area (Å²) in [6.45, 7) is 0.700. The molecule has 1 fully saturated rings. The molecular weight excluding hydrogens is 522 g/mol. The van der Waals surface area contributed by atoms with Crippen LogP contribution in [0.4, 0.5) is 5.69 Å². The van der Waals surface area contributed by atoms with Crippen molar-refractivity contribution in [3.8, 4) is 23.3 Å². The Bertz CT molecular complexity index is 1420. The van der Waals surface area contributed by atoms with Gasteiger partial charge in [-0.15, -0.1) is 0 Å². The van der Waals surface area contributed by atoms with Crippen LogP contribution >= 0.6 is 23.4 Å². The molecular formula is C29H26ClN3O4S. The Balaban J connectivity index is 1.34. The summed E-state index contributed by atoms with van der Waals surface area (Å²) < 4.78 is 16.8. The number of ether oxygens (including phenoxy) is 3. The van der Waals surface area contributed by atoms with Crippen LogP contribution in [-0.2, 0) is 11.4 Å². The largest absolute Gasteiger partial charge is 0.497 e. The average Bonchev–Trinajstić information content (AvgIpc) is 2.96. The Hall–Kier alpha value is -3.80. The predicted molar refractivity (Wildman–Crippen MR) is 148 cm³/mol. The van der Waals surface area contributed by atoms with Gasteiger partial charge in [-0.1, -0.05) is 53.7 Å². The van der Waals surface area contributed by atoms with Gasteiger partial charge >= 0.3 is 0 Å². The number of methoxy groups -OCH3 is 2. The van der Waals surface area contributed by atoms with Crippen LogP contribution in [0.3, 0.4) is 0 Å². The third kappa shape index (κ3) is 5.13. The van der Waals surface area contributed by atoms with E-state index >= 15 is 0 Å². The molecule has 3 aromatic rings. The van der Waals surface area contributed by atoms with Crippen molar-refractivity contribution in [1.29, 1.82) is 5.26 Å². The number of nitriles is 1. The molecule has 7 nitrogen and oxygen atoms in total. The summed E-state index contributed by atoms with van der Waals surface area (Å²) in [5.74, 6) is 2.31. The van der Waals surface area contributed by atoms with Crippen LogP contribution < -0.4 is 19.1 Å². The molecule has 194 valence electrons. The van der Waals surface area contributed by atoms with E-state index in [2.05, 4.69) is 11.0 Å². The lowest BCUT2D eigenvalue weighted by Crippen LogP contribution is -2.47. The van der Waals surface area contributed by atoms with Crippen molar-refractivity contribution in [2.45, 2.75) is 18.9 Å². The van der Waals surface area contributed by atoms with Crippen LogP contribution in [-0.4, -0.2) is 37.6 Å². The zero-order valence-electron chi connectivity index (χ0n) is 21.0. The topological polar surface area (TPSA) is 75.0 Å². The first-order valence-electron chi connectivity index (χ1n) is 12.0. The number of hydrogen-bond acceptors (Lipinski definition) is 7. The van der Waals surface area contributed by atoms with Crippen molar-refractivity contribution in [1.82, 2.24) is 4.90 Å². The van der Waals surface area contributed by atoms with E-state index in [1.807, 2.05) is 66.7 Å². The molecule has 2 aliphatic rings. The van der Waals surface area contributed by atoms with E-state index in [0.29, 0.717) is 47.0 Å². The lowest BCUT2D eigenvalue weighted by molar-refractivity contribution is -0.129. The van der Waals surface area contributed by atoms with Gasteiger partial charge in [0.25, 0.3) is 0 Å². The van der Waals surface area contributed by atoms with E-state index < -0.39 is 0 Å². The van der Waals surface area contributed by atoms with Gasteiger partial charge in [0.15, 0.2) is 0 Å². The summed E-state index contributed by atoms with van der Waals surface area (Å²) in [6.07, 6.45) is 0.223. The van der Waals surface area contributed by atoms with Gasteiger partial charge in [-0.05, 0) is 35.9 Å². The molecule has 0 aliphatic carbocycles. The monoisotopic (exact) mass is 547 g/mol. The molecule has 0 spiro atoms. The Morgan fingerprint density at radius 1 is 1.05 bits per heavy atom. The molecule has 9 heteroatoms. The van der Waals surface area contributed by atoms with E-state index in [4.69, 9.17) is 25.8 Å². The lowest BCUT2D eigenvalue weighted by atomic mass is 9.86. The zero-order valence-corrected chi connectivity index (χ0v) is 22.6. The number of hydrogen-bond donors (Lipinski definition) is 0. The molecule has 1 amide bonds. The van der Waals surface area contributed by atoms with Gasteiger partial charge in [-0.25, -0.2) is 0 Å². The molecule has 1 unspecified atom stereocenters. The molecule has 2 heterocycles. The summed E-state index contributed by atoms with van der Waals surface area (Å²) in [7, 11) is 3.22. The van der Waals surface area contributed by atoms with Gasteiger partial charge in [0, 0.05) is 29.0 Å². The summed E-state index contributed by atoms with van der Waals surface area (Å²) in [6, 6.07) is 23.2. The van der Waals surface area contributed by atoms with Crippen molar-refractivity contribution < 1.29 is 19.0 Å². The first-order valence-corrected chi connectivity index (χ1v) is 13.4. The summed E-state index contributed by atoms with van der Waals surface area (Å²) in [4.78, 5) is 17.1. The molecule has 0 radical (unpaired) electrons. The van der Waals surface area contributed by atoms with Crippen molar-refractivity contribution >= 4 is 35.0 Å². The number of fused-ring (bicyclic) bond motifs is 1. The Morgan fingerprint density at radius 3 is 2.53 bits per heavy atom. The fraction of sp³-hybridized carbons (Fsp3) is 0.241. The van der Waals surface area contributed by atoms with Gasteiger partial charge < -0.3 is 19.1 Å². The quantitative estimate of drug-likeness (QED) is 0.351. The maximum absolute atomic E-state index is 13.3. The Morgan fingerprint density at radius 2 is 1.82 bits per heavy atom. The highest BCUT2D eigenvalue weighted by molar-refractivity contribution is 8.03. The normalized spacial score (nSPS) is 17.1. The fourth-order valence-corrected chi connectivity index (χ4v) is 5.97. The van der Waals surface area contributed by atoms with Gasteiger partial charge in [-0.2, -0.15) is 5.26 Å². The third-order valence-corrected chi connectivity index (χ3v) is 8.18. The minimum Gasteiger partial charge on any atom is -0.497 e. The average molecular weight is 548 g/mol. The Labute approximate surface area is 231 Å². The Kier molecular flexibility index (Phi) is 7.68. The van der Waals surface area contributed by atoms with Gasteiger partial charge in [0.1, 0.15) is 23.9 Å². The van der Waals surface area contributed by atoms with E-state index in [1.54, 1.807) is 19.1 Å². The molecule has 0 bridgehead atoms. The second kappa shape index (κ2) is 11.3. The number of carbonyl (C=O) groups excluding carboxylic acids is 1. The maximum atomic E-state index is 13.3. The predicted octanol–water partition coefficient (Wildman–Crippen LogP) is 6.16. The minimum atomic E-state index is -0.300. The van der Waals surface area contributed by atoms with Gasteiger partial charge in [0.2, 0.25) is 5.91 Å². The van der Waals surface area contributed by atoms with Gasteiger partial charge in [0.05, 0.1) is 49.1 Å².